The molecule has 1 fully saturated rings. The van der Waals surface area contributed by atoms with Crippen molar-refractivity contribution in [2.45, 2.75) is 25.6 Å². The summed E-state index contributed by atoms with van der Waals surface area (Å²) >= 11 is 0. The molecule has 1 aliphatic heterocycles. The number of nitrogens with zero attached hydrogens (tertiary/aromatic N) is 2. The van der Waals surface area contributed by atoms with Crippen LogP contribution in [0.5, 0.6) is 11.6 Å². The summed E-state index contributed by atoms with van der Waals surface area (Å²) in [5.74, 6) is 1.22. The Bertz CT molecular complexity index is 601. The van der Waals surface area contributed by atoms with E-state index in [1.54, 1.807) is 18.3 Å². The highest BCUT2D eigenvalue weighted by Gasteiger charge is 2.29. The molecule has 1 aromatic carbocycles. The number of aromatic nitrogens is 2. The molecule has 0 amide bonds. The van der Waals surface area contributed by atoms with E-state index in [9.17, 15) is 0 Å². The molecule has 1 aliphatic rings. The molecule has 0 radical (unpaired) electrons. The van der Waals surface area contributed by atoms with Crippen LogP contribution in [-0.4, -0.2) is 28.9 Å². The van der Waals surface area contributed by atoms with Crippen molar-refractivity contribution < 1.29 is 9.47 Å². The third kappa shape index (κ3) is 3.56. The average molecular weight is 285 g/mol. The molecule has 1 unspecified atom stereocenters. The Kier molecular flexibility index (Phi) is 3.86. The third-order valence-electron chi connectivity index (χ3n) is 3.34. The van der Waals surface area contributed by atoms with Crippen molar-refractivity contribution in [1.29, 1.82) is 0 Å². The van der Waals surface area contributed by atoms with Gasteiger partial charge in [-0.3, -0.25) is 0 Å². The highest BCUT2D eigenvalue weighted by molar-refractivity contribution is 5.32. The van der Waals surface area contributed by atoms with E-state index in [0.29, 0.717) is 5.88 Å². The minimum absolute atomic E-state index is 0.0270. The van der Waals surface area contributed by atoms with Crippen LogP contribution in [0.1, 0.15) is 25.5 Å². The van der Waals surface area contributed by atoms with E-state index in [1.165, 1.54) is 0 Å². The van der Waals surface area contributed by atoms with Crippen molar-refractivity contribution in [3.05, 3.63) is 48.2 Å². The molecule has 1 atom stereocenters. The Morgan fingerprint density at radius 3 is 2.95 bits per heavy atom. The summed E-state index contributed by atoms with van der Waals surface area (Å²) in [5, 5.41) is 11.1. The first-order chi connectivity index (χ1) is 10.1. The van der Waals surface area contributed by atoms with Gasteiger partial charge in [-0.05, 0) is 37.6 Å². The molecule has 110 valence electrons. The lowest BCUT2D eigenvalue weighted by molar-refractivity contribution is -0.0959. The van der Waals surface area contributed by atoms with Gasteiger partial charge in [-0.15, -0.1) is 5.10 Å². The zero-order valence-corrected chi connectivity index (χ0v) is 12.2. The molecule has 3 rings (SSSR count). The average Bonchev–Trinajstić information content (AvgIpc) is 2.47. The minimum Gasteiger partial charge on any atom is -0.438 e. The summed E-state index contributed by atoms with van der Waals surface area (Å²) in [6.07, 6.45) is 1.64. The first-order valence-electron chi connectivity index (χ1n) is 7.06. The van der Waals surface area contributed by atoms with Gasteiger partial charge >= 0.3 is 0 Å². The molecule has 2 aromatic rings. The monoisotopic (exact) mass is 285 g/mol. The molecule has 1 aromatic heterocycles. The standard InChI is InChI=1S/C16H19N3O2/c1-16(2)11-17-10-14(21-16)12-5-3-6-13(9-12)20-15-7-4-8-18-19-15/h3-9,14,17H,10-11H2,1-2H3. The fourth-order valence-corrected chi connectivity index (χ4v) is 2.40. The fourth-order valence-electron chi connectivity index (χ4n) is 2.40. The summed E-state index contributed by atoms with van der Waals surface area (Å²) in [6.45, 7) is 5.84. The molecule has 0 aliphatic carbocycles. The van der Waals surface area contributed by atoms with Gasteiger partial charge < -0.3 is 14.8 Å². The second-order valence-electron chi connectivity index (χ2n) is 5.73. The van der Waals surface area contributed by atoms with Crippen LogP contribution < -0.4 is 10.1 Å². The lowest BCUT2D eigenvalue weighted by atomic mass is 10.0. The molecule has 0 spiro atoms. The second-order valence-corrected chi connectivity index (χ2v) is 5.73. The van der Waals surface area contributed by atoms with Crippen LogP contribution in [0.2, 0.25) is 0 Å². The highest BCUT2D eigenvalue weighted by Crippen LogP contribution is 2.29. The summed E-state index contributed by atoms with van der Waals surface area (Å²) in [7, 11) is 0. The molecule has 5 nitrogen and oxygen atoms in total. The lowest BCUT2D eigenvalue weighted by Crippen LogP contribution is -2.46. The Balaban J connectivity index is 1.77. The summed E-state index contributed by atoms with van der Waals surface area (Å²) in [4.78, 5) is 0. The van der Waals surface area contributed by atoms with Gasteiger partial charge in [0.2, 0.25) is 5.88 Å². The first kappa shape index (κ1) is 14.0. The van der Waals surface area contributed by atoms with E-state index in [-0.39, 0.29) is 11.7 Å². The van der Waals surface area contributed by atoms with Gasteiger partial charge in [-0.2, -0.15) is 5.10 Å². The molecule has 2 heterocycles. The van der Waals surface area contributed by atoms with Crippen LogP contribution >= 0.6 is 0 Å². The van der Waals surface area contributed by atoms with Gasteiger partial charge in [0.05, 0.1) is 11.7 Å². The van der Waals surface area contributed by atoms with E-state index in [2.05, 4.69) is 35.4 Å². The maximum absolute atomic E-state index is 6.12. The van der Waals surface area contributed by atoms with Crippen molar-refractivity contribution in [2.75, 3.05) is 13.1 Å². The number of benzene rings is 1. The molecular formula is C16H19N3O2. The van der Waals surface area contributed by atoms with Gasteiger partial charge in [0.15, 0.2) is 0 Å². The molecule has 21 heavy (non-hydrogen) atoms. The topological polar surface area (TPSA) is 56.3 Å². The SMILES string of the molecule is CC1(C)CNCC(c2cccc(Oc3cccnn3)c2)O1. The summed E-state index contributed by atoms with van der Waals surface area (Å²) in [6, 6.07) is 11.5. The number of nitrogens with one attached hydrogen (secondary N) is 1. The van der Waals surface area contributed by atoms with Crippen LogP contribution in [0.25, 0.3) is 0 Å². The van der Waals surface area contributed by atoms with Crippen LogP contribution in [0.4, 0.5) is 0 Å². The smallest absolute Gasteiger partial charge is 0.238 e. The van der Waals surface area contributed by atoms with Crippen LogP contribution in [0.3, 0.4) is 0 Å². The minimum atomic E-state index is -0.162. The van der Waals surface area contributed by atoms with Gasteiger partial charge in [0.25, 0.3) is 0 Å². The maximum Gasteiger partial charge on any atom is 0.238 e. The predicted molar refractivity (Wildman–Crippen MR) is 79.3 cm³/mol. The lowest BCUT2D eigenvalue weighted by Gasteiger charge is -2.36. The van der Waals surface area contributed by atoms with Gasteiger partial charge in [0, 0.05) is 25.4 Å². The van der Waals surface area contributed by atoms with Crippen LogP contribution in [0, 0.1) is 0 Å². The number of morpholine rings is 1. The third-order valence-corrected chi connectivity index (χ3v) is 3.34. The van der Waals surface area contributed by atoms with Crippen molar-refractivity contribution in [3.8, 4) is 11.6 Å². The van der Waals surface area contributed by atoms with E-state index in [0.717, 1.165) is 24.4 Å². The first-order valence-corrected chi connectivity index (χ1v) is 7.06. The normalized spacial score (nSPS) is 21.0. The number of ether oxygens (including phenoxy) is 2. The molecular weight excluding hydrogens is 266 g/mol. The number of hydrogen-bond donors (Lipinski definition) is 1. The Morgan fingerprint density at radius 2 is 2.19 bits per heavy atom. The zero-order valence-electron chi connectivity index (χ0n) is 12.2. The number of rotatable bonds is 3. The van der Waals surface area contributed by atoms with Gasteiger partial charge in [0.1, 0.15) is 5.75 Å². The van der Waals surface area contributed by atoms with Crippen LogP contribution in [-0.2, 0) is 4.74 Å². The van der Waals surface area contributed by atoms with E-state index in [4.69, 9.17) is 9.47 Å². The van der Waals surface area contributed by atoms with Crippen molar-refractivity contribution in [3.63, 3.8) is 0 Å². The molecule has 0 saturated carbocycles. The summed E-state index contributed by atoms with van der Waals surface area (Å²) in [5.41, 5.74) is 0.932. The van der Waals surface area contributed by atoms with Crippen molar-refractivity contribution in [1.82, 2.24) is 15.5 Å². The second kappa shape index (κ2) is 5.79. The van der Waals surface area contributed by atoms with Gasteiger partial charge in [-0.25, -0.2) is 0 Å². The summed E-state index contributed by atoms with van der Waals surface area (Å²) < 4.78 is 11.8. The Labute approximate surface area is 124 Å². The van der Waals surface area contributed by atoms with Crippen LogP contribution in [0.15, 0.2) is 42.6 Å². The van der Waals surface area contributed by atoms with Crippen molar-refractivity contribution >= 4 is 0 Å². The molecule has 5 heteroatoms. The molecule has 1 saturated heterocycles. The quantitative estimate of drug-likeness (QED) is 0.939. The van der Waals surface area contributed by atoms with E-state index >= 15 is 0 Å². The van der Waals surface area contributed by atoms with Crippen molar-refractivity contribution in [2.24, 2.45) is 0 Å². The molecule has 1 N–H and O–H groups in total. The van der Waals surface area contributed by atoms with Gasteiger partial charge in [-0.1, -0.05) is 12.1 Å². The maximum atomic E-state index is 6.12. The van der Waals surface area contributed by atoms with E-state index in [1.807, 2.05) is 18.2 Å². The number of hydrogen-bond acceptors (Lipinski definition) is 5. The fraction of sp³-hybridized carbons (Fsp3) is 0.375. The Morgan fingerprint density at radius 1 is 1.29 bits per heavy atom. The predicted octanol–water partition coefficient (Wildman–Crippen LogP) is 2.71. The Hall–Kier alpha value is -1.98. The molecule has 0 bridgehead atoms. The zero-order chi connectivity index (χ0) is 14.7. The highest BCUT2D eigenvalue weighted by atomic mass is 16.5. The largest absolute Gasteiger partial charge is 0.438 e. The van der Waals surface area contributed by atoms with E-state index < -0.39 is 0 Å².